The van der Waals surface area contributed by atoms with Gasteiger partial charge in [-0.1, -0.05) is 13.3 Å². The quantitative estimate of drug-likeness (QED) is 0.625. The molecule has 0 aliphatic heterocycles. The van der Waals surface area contributed by atoms with E-state index in [9.17, 15) is 4.79 Å². The zero-order valence-electron chi connectivity index (χ0n) is 11.9. The van der Waals surface area contributed by atoms with Gasteiger partial charge in [-0.2, -0.15) is 0 Å². The average molecular weight is 267 g/mol. The Kier molecular flexibility index (Phi) is 7.93. The average Bonchev–Trinajstić information content (AvgIpc) is 2.82. The standard InChI is InChI=1S/C14H25N3O2/c1-3-4-7-16-14(18)12-17-9-5-6-13(17)11-15-8-10-19-2/h5-6,9,15H,3-4,7-8,10-12H2,1-2H3,(H,16,18). The summed E-state index contributed by atoms with van der Waals surface area (Å²) in [6.45, 7) is 5.51. The highest BCUT2D eigenvalue weighted by molar-refractivity contribution is 5.75. The molecule has 1 rings (SSSR count). The van der Waals surface area contributed by atoms with Crippen LogP contribution >= 0.6 is 0 Å². The summed E-state index contributed by atoms with van der Waals surface area (Å²) < 4.78 is 6.95. The Morgan fingerprint density at radius 1 is 1.42 bits per heavy atom. The molecule has 5 heteroatoms. The molecule has 0 aliphatic carbocycles. The van der Waals surface area contributed by atoms with Crippen LogP contribution in [0.5, 0.6) is 0 Å². The zero-order valence-corrected chi connectivity index (χ0v) is 11.9. The van der Waals surface area contributed by atoms with Gasteiger partial charge in [-0.3, -0.25) is 4.79 Å². The van der Waals surface area contributed by atoms with Crippen molar-refractivity contribution in [2.75, 3.05) is 26.8 Å². The molecule has 0 unspecified atom stereocenters. The number of hydrogen-bond donors (Lipinski definition) is 2. The minimum Gasteiger partial charge on any atom is -0.383 e. The van der Waals surface area contributed by atoms with Crippen LogP contribution in [0.1, 0.15) is 25.5 Å². The SMILES string of the molecule is CCCCNC(=O)Cn1cccc1CNCCOC. The molecule has 0 atom stereocenters. The fraction of sp³-hybridized carbons (Fsp3) is 0.643. The second-order valence-electron chi connectivity index (χ2n) is 4.50. The fourth-order valence-corrected chi connectivity index (χ4v) is 1.77. The van der Waals surface area contributed by atoms with Crippen molar-refractivity contribution in [2.24, 2.45) is 0 Å². The lowest BCUT2D eigenvalue weighted by molar-refractivity contribution is -0.121. The van der Waals surface area contributed by atoms with Crippen LogP contribution in [0, 0.1) is 0 Å². The summed E-state index contributed by atoms with van der Waals surface area (Å²) in [5, 5.41) is 6.20. The van der Waals surface area contributed by atoms with Crippen molar-refractivity contribution in [3.8, 4) is 0 Å². The predicted molar refractivity (Wildman–Crippen MR) is 75.9 cm³/mol. The van der Waals surface area contributed by atoms with E-state index in [1.54, 1.807) is 7.11 Å². The molecule has 1 heterocycles. The Morgan fingerprint density at radius 2 is 2.26 bits per heavy atom. The number of carbonyl (C=O) groups is 1. The third-order valence-electron chi connectivity index (χ3n) is 2.88. The maximum atomic E-state index is 11.7. The van der Waals surface area contributed by atoms with Gasteiger partial charge < -0.3 is 19.9 Å². The number of aromatic nitrogens is 1. The second-order valence-corrected chi connectivity index (χ2v) is 4.50. The first-order chi connectivity index (χ1) is 9.27. The van der Waals surface area contributed by atoms with E-state index in [0.29, 0.717) is 13.2 Å². The van der Waals surface area contributed by atoms with Crippen molar-refractivity contribution < 1.29 is 9.53 Å². The number of ether oxygens (including phenoxy) is 1. The highest BCUT2D eigenvalue weighted by Gasteiger charge is 2.05. The number of nitrogens with one attached hydrogen (secondary N) is 2. The van der Waals surface area contributed by atoms with Gasteiger partial charge in [0.05, 0.1) is 6.61 Å². The fourth-order valence-electron chi connectivity index (χ4n) is 1.77. The molecule has 1 aromatic heterocycles. The molecule has 1 aromatic rings. The van der Waals surface area contributed by atoms with Gasteiger partial charge in [-0.15, -0.1) is 0 Å². The van der Waals surface area contributed by atoms with Crippen LogP contribution < -0.4 is 10.6 Å². The van der Waals surface area contributed by atoms with Gasteiger partial charge >= 0.3 is 0 Å². The van der Waals surface area contributed by atoms with Crippen molar-refractivity contribution in [3.05, 3.63) is 24.0 Å². The van der Waals surface area contributed by atoms with E-state index in [1.165, 1.54) is 0 Å². The van der Waals surface area contributed by atoms with Gasteiger partial charge in [0.15, 0.2) is 0 Å². The second kappa shape index (κ2) is 9.58. The lowest BCUT2D eigenvalue weighted by Crippen LogP contribution is -2.29. The Hall–Kier alpha value is -1.33. The van der Waals surface area contributed by atoms with E-state index in [2.05, 4.69) is 17.6 Å². The lowest BCUT2D eigenvalue weighted by atomic mass is 10.3. The first kappa shape index (κ1) is 15.7. The lowest BCUT2D eigenvalue weighted by Gasteiger charge is -2.10. The highest BCUT2D eigenvalue weighted by Crippen LogP contribution is 2.01. The molecule has 2 N–H and O–H groups in total. The van der Waals surface area contributed by atoms with Crippen molar-refractivity contribution >= 4 is 5.91 Å². The van der Waals surface area contributed by atoms with Crippen LogP contribution in [-0.4, -0.2) is 37.3 Å². The smallest absolute Gasteiger partial charge is 0.239 e. The third kappa shape index (κ3) is 6.40. The third-order valence-corrected chi connectivity index (χ3v) is 2.88. The molecule has 1 amide bonds. The Balaban J connectivity index is 2.33. The van der Waals surface area contributed by atoms with Crippen LogP contribution in [0.2, 0.25) is 0 Å². The first-order valence-corrected chi connectivity index (χ1v) is 6.88. The molecular weight excluding hydrogens is 242 g/mol. The summed E-state index contributed by atoms with van der Waals surface area (Å²) in [5.74, 6) is 0.0720. The highest BCUT2D eigenvalue weighted by atomic mass is 16.5. The molecule has 5 nitrogen and oxygen atoms in total. The van der Waals surface area contributed by atoms with Crippen LogP contribution in [0.4, 0.5) is 0 Å². The van der Waals surface area contributed by atoms with Crippen LogP contribution in [0.3, 0.4) is 0 Å². The van der Waals surface area contributed by atoms with Crippen molar-refractivity contribution in [3.63, 3.8) is 0 Å². The maximum absolute atomic E-state index is 11.7. The Bertz CT molecular complexity index is 363. The maximum Gasteiger partial charge on any atom is 0.239 e. The summed E-state index contributed by atoms with van der Waals surface area (Å²) in [4.78, 5) is 11.7. The number of carbonyl (C=O) groups excluding carboxylic acids is 1. The normalized spacial score (nSPS) is 10.6. The summed E-state index contributed by atoms with van der Waals surface area (Å²) in [7, 11) is 1.69. The van der Waals surface area contributed by atoms with Gasteiger partial charge in [0, 0.05) is 38.6 Å². The molecule has 0 saturated carbocycles. The first-order valence-electron chi connectivity index (χ1n) is 6.88. The van der Waals surface area contributed by atoms with Gasteiger partial charge in [-0.05, 0) is 18.6 Å². The molecule has 19 heavy (non-hydrogen) atoms. The van der Waals surface area contributed by atoms with Gasteiger partial charge in [0.25, 0.3) is 0 Å². The molecule has 0 fully saturated rings. The molecule has 0 saturated heterocycles. The van der Waals surface area contributed by atoms with E-state index in [1.807, 2.05) is 22.9 Å². The number of unbranched alkanes of at least 4 members (excludes halogenated alkanes) is 1. The van der Waals surface area contributed by atoms with E-state index in [-0.39, 0.29) is 5.91 Å². The number of rotatable bonds is 10. The minimum atomic E-state index is 0.0720. The minimum absolute atomic E-state index is 0.0720. The topological polar surface area (TPSA) is 55.3 Å². The van der Waals surface area contributed by atoms with Gasteiger partial charge in [0.2, 0.25) is 5.91 Å². The van der Waals surface area contributed by atoms with Gasteiger partial charge in [-0.25, -0.2) is 0 Å². The molecule has 0 bridgehead atoms. The number of amides is 1. The molecule has 0 radical (unpaired) electrons. The number of hydrogen-bond acceptors (Lipinski definition) is 3. The van der Waals surface area contributed by atoms with Crippen molar-refractivity contribution in [1.29, 1.82) is 0 Å². The van der Waals surface area contributed by atoms with E-state index in [0.717, 1.165) is 38.2 Å². The predicted octanol–water partition coefficient (Wildman–Crippen LogP) is 1.14. The summed E-state index contributed by atoms with van der Waals surface area (Å²) in [6, 6.07) is 3.99. The zero-order chi connectivity index (χ0) is 13.9. The largest absolute Gasteiger partial charge is 0.383 e. The molecule has 0 aliphatic rings. The number of nitrogens with zero attached hydrogens (tertiary/aromatic N) is 1. The van der Waals surface area contributed by atoms with Crippen LogP contribution in [0.15, 0.2) is 18.3 Å². The molecule has 108 valence electrons. The van der Waals surface area contributed by atoms with Crippen molar-refractivity contribution in [2.45, 2.75) is 32.9 Å². The van der Waals surface area contributed by atoms with Crippen molar-refractivity contribution in [1.82, 2.24) is 15.2 Å². The number of methoxy groups -OCH3 is 1. The molecule has 0 aromatic carbocycles. The molecular formula is C14H25N3O2. The van der Waals surface area contributed by atoms with E-state index < -0.39 is 0 Å². The summed E-state index contributed by atoms with van der Waals surface area (Å²) in [5.41, 5.74) is 1.11. The summed E-state index contributed by atoms with van der Waals surface area (Å²) in [6.07, 6.45) is 4.06. The van der Waals surface area contributed by atoms with Crippen LogP contribution in [0.25, 0.3) is 0 Å². The van der Waals surface area contributed by atoms with E-state index >= 15 is 0 Å². The Labute approximate surface area is 115 Å². The van der Waals surface area contributed by atoms with Crippen LogP contribution in [-0.2, 0) is 22.6 Å². The van der Waals surface area contributed by atoms with E-state index in [4.69, 9.17) is 4.74 Å². The molecule has 0 spiro atoms. The van der Waals surface area contributed by atoms with Gasteiger partial charge in [0.1, 0.15) is 6.54 Å². The Morgan fingerprint density at radius 3 is 3.00 bits per heavy atom. The monoisotopic (exact) mass is 267 g/mol. The summed E-state index contributed by atoms with van der Waals surface area (Å²) >= 11 is 0.